The molecule has 0 spiro atoms. The predicted octanol–water partition coefficient (Wildman–Crippen LogP) is 2.76. The molecule has 2 rings (SSSR count). The number of benzene rings is 2. The molecule has 0 fully saturated rings. The van der Waals surface area contributed by atoms with Gasteiger partial charge in [-0.15, -0.1) is 0 Å². The molecule has 158 valence electrons. The summed E-state index contributed by atoms with van der Waals surface area (Å²) in [6.07, 6.45) is 3.92. The average Bonchev–Trinajstić information content (AvgIpc) is 2.76. The smallest absolute Gasteiger partial charge is 0.276 e. The average molecular weight is 428 g/mol. The molecule has 0 unspecified atom stereocenters. The number of rotatable bonds is 8. The van der Waals surface area contributed by atoms with Crippen molar-refractivity contribution in [3.05, 3.63) is 65.7 Å². The van der Waals surface area contributed by atoms with E-state index in [0.717, 1.165) is 17.7 Å². The number of hydrogen-bond donors (Lipinski definition) is 3. The molecule has 0 aliphatic carbocycles. The van der Waals surface area contributed by atoms with Crippen molar-refractivity contribution in [3.8, 4) is 11.5 Å². The molecule has 0 saturated carbocycles. The van der Waals surface area contributed by atoms with Gasteiger partial charge < -0.3 is 9.47 Å². The van der Waals surface area contributed by atoms with Crippen molar-refractivity contribution in [2.75, 3.05) is 13.2 Å². The first-order valence-corrected chi connectivity index (χ1v) is 9.93. The van der Waals surface area contributed by atoms with Gasteiger partial charge in [-0.3, -0.25) is 25.8 Å². The molecule has 8 heteroatoms. The van der Waals surface area contributed by atoms with E-state index in [2.05, 4.69) is 23.1 Å². The number of thiocarbonyl (C=S) groups is 1. The van der Waals surface area contributed by atoms with Crippen LogP contribution >= 0.6 is 12.2 Å². The Morgan fingerprint density at radius 3 is 2.20 bits per heavy atom. The normalized spacial score (nSPS) is 10.3. The molecule has 0 bridgehead atoms. The molecule has 0 saturated heterocycles. The van der Waals surface area contributed by atoms with E-state index in [1.54, 1.807) is 18.2 Å². The number of carbonyl (C=O) groups is 2. The van der Waals surface area contributed by atoms with E-state index in [0.29, 0.717) is 12.4 Å². The Morgan fingerprint density at radius 2 is 1.57 bits per heavy atom. The Balaban J connectivity index is 1.68. The number of hydrogen-bond acceptors (Lipinski definition) is 5. The van der Waals surface area contributed by atoms with Crippen molar-refractivity contribution in [1.82, 2.24) is 16.2 Å². The highest BCUT2D eigenvalue weighted by Crippen LogP contribution is 2.13. The van der Waals surface area contributed by atoms with Gasteiger partial charge in [0.05, 0.1) is 6.61 Å². The third-order valence-corrected chi connectivity index (χ3v) is 4.08. The summed E-state index contributed by atoms with van der Waals surface area (Å²) in [4.78, 5) is 23.7. The first-order chi connectivity index (χ1) is 14.5. The molecule has 0 aliphatic heterocycles. The number of amides is 2. The molecular weight excluding hydrogens is 402 g/mol. The molecular formula is C22H25N3O4S. The van der Waals surface area contributed by atoms with Crippen LogP contribution in [0.4, 0.5) is 0 Å². The number of hydrazine groups is 1. The number of carbonyl (C=O) groups excluding carboxylic acids is 2. The molecule has 30 heavy (non-hydrogen) atoms. The predicted molar refractivity (Wildman–Crippen MR) is 120 cm³/mol. The monoisotopic (exact) mass is 427 g/mol. The molecule has 0 radical (unpaired) electrons. The van der Waals surface area contributed by atoms with Crippen molar-refractivity contribution in [3.63, 3.8) is 0 Å². The largest absolute Gasteiger partial charge is 0.494 e. The Labute approximate surface area is 181 Å². The fraction of sp³-hybridized carbons (Fsp3) is 0.227. The lowest BCUT2D eigenvalue weighted by atomic mass is 10.2. The standard InChI is InChI=1S/C22H25N3O4S/c1-3-16-5-10-19(11-6-16)29-15-21(27)24-25-22(30)23-20(26)14-9-17-7-12-18(13-8-17)28-4-2/h5-14H,3-4,15H2,1-2H3,(H,24,27)(H2,23,25,26,30)/b14-9+. The zero-order valence-electron chi connectivity index (χ0n) is 16.9. The second kappa shape index (κ2) is 12.2. The highest BCUT2D eigenvalue weighted by Gasteiger charge is 2.05. The summed E-state index contributed by atoms with van der Waals surface area (Å²) in [5.74, 6) is 0.499. The van der Waals surface area contributed by atoms with Crippen LogP contribution in [0.5, 0.6) is 11.5 Å². The lowest BCUT2D eigenvalue weighted by Gasteiger charge is -2.10. The van der Waals surface area contributed by atoms with Crippen LogP contribution in [0, 0.1) is 0 Å². The molecule has 3 N–H and O–H groups in total. The first-order valence-electron chi connectivity index (χ1n) is 9.52. The lowest BCUT2D eigenvalue weighted by molar-refractivity contribution is -0.123. The van der Waals surface area contributed by atoms with E-state index in [1.807, 2.05) is 43.3 Å². The van der Waals surface area contributed by atoms with E-state index in [-0.39, 0.29) is 11.7 Å². The van der Waals surface area contributed by atoms with E-state index in [1.165, 1.54) is 11.6 Å². The van der Waals surface area contributed by atoms with Gasteiger partial charge in [-0.1, -0.05) is 31.2 Å². The highest BCUT2D eigenvalue weighted by molar-refractivity contribution is 7.80. The van der Waals surface area contributed by atoms with Gasteiger partial charge in [0.2, 0.25) is 5.91 Å². The summed E-state index contributed by atoms with van der Waals surface area (Å²) in [5.41, 5.74) is 6.85. The zero-order valence-corrected chi connectivity index (χ0v) is 17.8. The topological polar surface area (TPSA) is 88.7 Å². The van der Waals surface area contributed by atoms with Gasteiger partial charge in [0.25, 0.3) is 5.91 Å². The fourth-order valence-electron chi connectivity index (χ4n) is 2.33. The summed E-state index contributed by atoms with van der Waals surface area (Å²) >= 11 is 4.98. The quantitative estimate of drug-likeness (QED) is 0.341. The van der Waals surface area contributed by atoms with Crippen LogP contribution < -0.4 is 25.6 Å². The Bertz CT molecular complexity index is 880. The SMILES string of the molecule is CCOc1ccc(/C=C/C(=O)NC(=S)NNC(=O)COc2ccc(CC)cc2)cc1. The Hall–Kier alpha value is -3.39. The minimum absolute atomic E-state index is 0.0306. The van der Waals surface area contributed by atoms with E-state index in [4.69, 9.17) is 21.7 Å². The van der Waals surface area contributed by atoms with Crippen molar-refractivity contribution < 1.29 is 19.1 Å². The third kappa shape index (κ3) is 8.32. The molecule has 0 heterocycles. The number of ether oxygens (including phenoxy) is 2. The van der Waals surface area contributed by atoms with Crippen LogP contribution in [-0.4, -0.2) is 30.1 Å². The minimum atomic E-state index is -0.434. The van der Waals surface area contributed by atoms with Gasteiger partial charge >= 0.3 is 0 Å². The lowest BCUT2D eigenvalue weighted by Crippen LogP contribution is -2.49. The molecule has 7 nitrogen and oxygen atoms in total. The fourth-order valence-corrected chi connectivity index (χ4v) is 2.48. The molecule has 2 aromatic carbocycles. The maximum Gasteiger partial charge on any atom is 0.276 e. The number of aryl methyl sites for hydroxylation is 1. The first kappa shape index (κ1) is 22.9. The van der Waals surface area contributed by atoms with Crippen LogP contribution in [0.15, 0.2) is 54.6 Å². The Morgan fingerprint density at radius 1 is 0.933 bits per heavy atom. The van der Waals surface area contributed by atoms with Crippen LogP contribution in [0.2, 0.25) is 0 Å². The highest BCUT2D eigenvalue weighted by atomic mass is 32.1. The Kier molecular flexibility index (Phi) is 9.33. The van der Waals surface area contributed by atoms with E-state index < -0.39 is 11.8 Å². The van der Waals surface area contributed by atoms with Gasteiger partial charge in [0, 0.05) is 6.08 Å². The van der Waals surface area contributed by atoms with Crippen LogP contribution in [0.1, 0.15) is 25.0 Å². The van der Waals surface area contributed by atoms with Crippen LogP contribution in [0.25, 0.3) is 6.08 Å². The van der Waals surface area contributed by atoms with Crippen molar-refractivity contribution >= 4 is 35.2 Å². The second-order valence-corrected chi connectivity index (χ2v) is 6.52. The summed E-state index contributed by atoms with van der Waals surface area (Å²) in [6.45, 7) is 4.38. The molecule has 2 aromatic rings. The molecule has 2 amide bonds. The molecule has 0 atom stereocenters. The summed E-state index contributed by atoms with van der Waals surface area (Å²) in [6, 6.07) is 14.8. The summed E-state index contributed by atoms with van der Waals surface area (Å²) < 4.78 is 10.8. The van der Waals surface area contributed by atoms with Gasteiger partial charge in [-0.25, -0.2) is 0 Å². The zero-order chi connectivity index (χ0) is 21.8. The van der Waals surface area contributed by atoms with Crippen molar-refractivity contribution in [2.45, 2.75) is 20.3 Å². The van der Waals surface area contributed by atoms with E-state index >= 15 is 0 Å². The van der Waals surface area contributed by atoms with Crippen molar-refractivity contribution in [2.24, 2.45) is 0 Å². The van der Waals surface area contributed by atoms with Gasteiger partial charge in [0.15, 0.2) is 11.7 Å². The maximum absolute atomic E-state index is 11.9. The van der Waals surface area contributed by atoms with Crippen LogP contribution in [0.3, 0.4) is 0 Å². The minimum Gasteiger partial charge on any atom is -0.494 e. The maximum atomic E-state index is 11.9. The molecule has 0 aromatic heterocycles. The van der Waals surface area contributed by atoms with Gasteiger partial charge in [-0.05, 0) is 67.0 Å². The summed E-state index contributed by atoms with van der Waals surface area (Å²) in [5, 5.41) is 2.41. The van der Waals surface area contributed by atoms with E-state index in [9.17, 15) is 9.59 Å². The van der Waals surface area contributed by atoms with Gasteiger partial charge in [0.1, 0.15) is 11.5 Å². The summed E-state index contributed by atoms with van der Waals surface area (Å²) in [7, 11) is 0. The van der Waals surface area contributed by atoms with Crippen molar-refractivity contribution in [1.29, 1.82) is 0 Å². The molecule has 0 aliphatic rings. The third-order valence-electron chi connectivity index (χ3n) is 3.87. The second-order valence-electron chi connectivity index (χ2n) is 6.11. The number of nitrogens with one attached hydrogen (secondary N) is 3. The van der Waals surface area contributed by atoms with Gasteiger partial charge in [-0.2, -0.15) is 0 Å². The van der Waals surface area contributed by atoms with Crippen LogP contribution in [-0.2, 0) is 16.0 Å².